The molecule has 1 amide bonds. The van der Waals surface area contributed by atoms with E-state index in [1.807, 2.05) is 4.90 Å². The minimum absolute atomic E-state index is 0.0543. The highest BCUT2D eigenvalue weighted by molar-refractivity contribution is 5.87. The summed E-state index contributed by atoms with van der Waals surface area (Å²) in [6.45, 7) is 5.10. The van der Waals surface area contributed by atoms with Crippen LogP contribution in [0.2, 0.25) is 0 Å². The first-order valence-electron chi connectivity index (χ1n) is 4.71. The molecule has 0 radical (unpaired) electrons. The monoisotopic (exact) mass is 183 g/mol. The molecule has 3 nitrogen and oxygen atoms in total. The number of hydrogen-bond acceptors (Lipinski definition) is 2. The fraction of sp³-hybridized carbons (Fsp3) is 0.700. The summed E-state index contributed by atoms with van der Waals surface area (Å²) in [4.78, 5) is 13.2. The van der Waals surface area contributed by atoms with Crippen LogP contribution in [-0.4, -0.2) is 37.1 Å². The average molecular weight is 183 g/mol. The Morgan fingerprint density at radius 3 is 3.15 bits per heavy atom. The zero-order valence-corrected chi connectivity index (χ0v) is 8.16. The number of methoxy groups -OCH3 is 1. The number of hydrogen-bond donors (Lipinski definition) is 0. The lowest BCUT2D eigenvalue weighted by molar-refractivity contribution is -0.127. The van der Waals surface area contributed by atoms with E-state index in [2.05, 4.69) is 6.58 Å². The van der Waals surface area contributed by atoms with Crippen molar-refractivity contribution < 1.29 is 9.53 Å². The highest BCUT2D eigenvalue weighted by Crippen LogP contribution is 2.20. The molecule has 0 saturated carbocycles. The van der Waals surface area contributed by atoms with Gasteiger partial charge in [-0.15, -0.1) is 0 Å². The summed E-state index contributed by atoms with van der Waals surface area (Å²) < 4.78 is 5.00. The van der Waals surface area contributed by atoms with Crippen LogP contribution >= 0.6 is 0 Å². The molecule has 1 aliphatic heterocycles. The molecule has 0 aromatic heterocycles. The van der Waals surface area contributed by atoms with E-state index in [1.54, 1.807) is 7.11 Å². The average Bonchev–Trinajstić information content (AvgIpc) is 2.61. The Kier molecular flexibility index (Phi) is 3.96. The van der Waals surface area contributed by atoms with E-state index in [-0.39, 0.29) is 5.91 Å². The molecular weight excluding hydrogens is 166 g/mol. The largest absolute Gasteiger partial charge is 0.385 e. The SMILES string of the molecule is C=CC(=O)N1CCCC1CCOC. The molecule has 1 rings (SSSR count). The molecule has 0 spiro atoms. The number of carbonyl (C=O) groups is 1. The number of likely N-dealkylation sites (tertiary alicyclic amines) is 1. The fourth-order valence-electron chi connectivity index (χ4n) is 1.80. The normalized spacial score (nSPS) is 21.9. The second-order valence-corrected chi connectivity index (χ2v) is 3.31. The molecule has 1 unspecified atom stereocenters. The van der Waals surface area contributed by atoms with Crippen LogP contribution in [0.5, 0.6) is 0 Å². The van der Waals surface area contributed by atoms with Crippen LogP contribution in [0, 0.1) is 0 Å². The van der Waals surface area contributed by atoms with Crippen molar-refractivity contribution in [2.24, 2.45) is 0 Å². The van der Waals surface area contributed by atoms with Crippen molar-refractivity contribution in [3.63, 3.8) is 0 Å². The molecule has 1 heterocycles. The summed E-state index contributed by atoms with van der Waals surface area (Å²) in [5.41, 5.74) is 0. The molecule has 0 aromatic carbocycles. The van der Waals surface area contributed by atoms with Crippen molar-refractivity contribution in [3.8, 4) is 0 Å². The van der Waals surface area contributed by atoms with Gasteiger partial charge in [-0.25, -0.2) is 0 Å². The molecule has 0 N–H and O–H groups in total. The van der Waals surface area contributed by atoms with E-state index in [9.17, 15) is 4.79 Å². The van der Waals surface area contributed by atoms with Gasteiger partial charge in [0.25, 0.3) is 0 Å². The Morgan fingerprint density at radius 2 is 2.54 bits per heavy atom. The molecule has 13 heavy (non-hydrogen) atoms. The number of rotatable bonds is 4. The number of nitrogens with zero attached hydrogens (tertiary/aromatic N) is 1. The van der Waals surface area contributed by atoms with Gasteiger partial charge in [0.2, 0.25) is 5.91 Å². The zero-order valence-electron chi connectivity index (χ0n) is 8.16. The second-order valence-electron chi connectivity index (χ2n) is 3.31. The number of carbonyl (C=O) groups excluding carboxylic acids is 1. The summed E-state index contributed by atoms with van der Waals surface area (Å²) in [6, 6.07) is 0.366. The van der Waals surface area contributed by atoms with Gasteiger partial charge in [-0.05, 0) is 25.3 Å². The van der Waals surface area contributed by atoms with Crippen LogP contribution in [0.25, 0.3) is 0 Å². The lowest BCUT2D eigenvalue weighted by atomic mass is 10.1. The molecule has 74 valence electrons. The first-order chi connectivity index (χ1) is 6.29. The van der Waals surface area contributed by atoms with Gasteiger partial charge in [-0.1, -0.05) is 6.58 Å². The minimum Gasteiger partial charge on any atom is -0.385 e. The highest BCUT2D eigenvalue weighted by Gasteiger charge is 2.26. The van der Waals surface area contributed by atoms with Gasteiger partial charge in [0.05, 0.1) is 0 Å². The molecule has 1 atom stereocenters. The van der Waals surface area contributed by atoms with Crippen molar-refractivity contribution >= 4 is 5.91 Å². The predicted octanol–water partition coefficient (Wildman–Crippen LogP) is 1.20. The Hall–Kier alpha value is -0.830. The van der Waals surface area contributed by atoms with E-state index >= 15 is 0 Å². The highest BCUT2D eigenvalue weighted by atomic mass is 16.5. The van der Waals surface area contributed by atoms with Gasteiger partial charge in [-0.2, -0.15) is 0 Å². The van der Waals surface area contributed by atoms with Gasteiger partial charge in [0.1, 0.15) is 0 Å². The van der Waals surface area contributed by atoms with Crippen LogP contribution in [0.3, 0.4) is 0 Å². The third-order valence-corrected chi connectivity index (χ3v) is 2.49. The maximum Gasteiger partial charge on any atom is 0.246 e. The zero-order chi connectivity index (χ0) is 9.68. The molecule has 0 aromatic rings. The minimum atomic E-state index is 0.0543. The van der Waals surface area contributed by atoms with Crippen LogP contribution in [0.1, 0.15) is 19.3 Å². The van der Waals surface area contributed by atoms with Crippen molar-refractivity contribution in [2.75, 3.05) is 20.3 Å². The van der Waals surface area contributed by atoms with Crippen molar-refractivity contribution in [3.05, 3.63) is 12.7 Å². The van der Waals surface area contributed by atoms with Crippen molar-refractivity contribution in [2.45, 2.75) is 25.3 Å². The van der Waals surface area contributed by atoms with Gasteiger partial charge in [0, 0.05) is 26.3 Å². The molecule has 0 aliphatic carbocycles. The number of ether oxygens (including phenoxy) is 1. The van der Waals surface area contributed by atoms with Crippen LogP contribution in [0.4, 0.5) is 0 Å². The fourth-order valence-corrected chi connectivity index (χ4v) is 1.80. The first-order valence-corrected chi connectivity index (χ1v) is 4.71. The summed E-state index contributed by atoms with van der Waals surface area (Å²) in [5.74, 6) is 0.0543. The van der Waals surface area contributed by atoms with Crippen LogP contribution < -0.4 is 0 Å². The van der Waals surface area contributed by atoms with E-state index in [0.717, 1.165) is 32.4 Å². The summed E-state index contributed by atoms with van der Waals surface area (Å²) in [6.07, 6.45) is 4.54. The quantitative estimate of drug-likeness (QED) is 0.613. The standard InChI is InChI=1S/C10H17NO2/c1-3-10(12)11-7-4-5-9(11)6-8-13-2/h3,9H,1,4-8H2,2H3. The van der Waals surface area contributed by atoms with Crippen molar-refractivity contribution in [1.82, 2.24) is 4.90 Å². The van der Waals surface area contributed by atoms with E-state index in [1.165, 1.54) is 6.08 Å². The van der Waals surface area contributed by atoms with E-state index in [4.69, 9.17) is 4.74 Å². The van der Waals surface area contributed by atoms with Crippen LogP contribution in [0.15, 0.2) is 12.7 Å². The van der Waals surface area contributed by atoms with E-state index < -0.39 is 0 Å². The topological polar surface area (TPSA) is 29.5 Å². The molecular formula is C10H17NO2. The van der Waals surface area contributed by atoms with E-state index in [0.29, 0.717) is 6.04 Å². The van der Waals surface area contributed by atoms with Gasteiger partial charge in [0.15, 0.2) is 0 Å². The first kappa shape index (κ1) is 10.3. The van der Waals surface area contributed by atoms with Gasteiger partial charge >= 0.3 is 0 Å². The maximum absolute atomic E-state index is 11.4. The lowest BCUT2D eigenvalue weighted by Gasteiger charge is -2.22. The molecule has 0 bridgehead atoms. The number of amides is 1. The third-order valence-electron chi connectivity index (χ3n) is 2.49. The van der Waals surface area contributed by atoms with Gasteiger partial charge in [-0.3, -0.25) is 4.79 Å². The Morgan fingerprint density at radius 1 is 1.77 bits per heavy atom. The molecule has 1 saturated heterocycles. The van der Waals surface area contributed by atoms with Crippen molar-refractivity contribution in [1.29, 1.82) is 0 Å². The Balaban J connectivity index is 2.43. The second kappa shape index (κ2) is 5.02. The predicted molar refractivity (Wildman–Crippen MR) is 51.4 cm³/mol. The molecule has 1 fully saturated rings. The lowest BCUT2D eigenvalue weighted by Crippen LogP contribution is -2.34. The Labute approximate surface area is 79.4 Å². The third kappa shape index (κ3) is 2.56. The summed E-state index contributed by atoms with van der Waals surface area (Å²) in [7, 11) is 1.69. The van der Waals surface area contributed by atoms with Crippen LogP contribution in [-0.2, 0) is 9.53 Å². The smallest absolute Gasteiger partial charge is 0.246 e. The summed E-state index contributed by atoms with van der Waals surface area (Å²) >= 11 is 0. The maximum atomic E-state index is 11.4. The van der Waals surface area contributed by atoms with Gasteiger partial charge < -0.3 is 9.64 Å². The summed E-state index contributed by atoms with van der Waals surface area (Å²) in [5, 5.41) is 0. The Bertz CT molecular complexity index is 191. The molecule has 1 aliphatic rings. The molecule has 3 heteroatoms.